The molecule has 0 atom stereocenters. The number of aromatic amines is 1. The summed E-state index contributed by atoms with van der Waals surface area (Å²) in [6.45, 7) is 15.9. The smallest absolute Gasteiger partial charge is 0.253 e. The number of aromatic nitrogens is 2. The first-order valence-corrected chi connectivity index (χ1v) is 13.3. The van der Waals surface area contributed by atoms with Gasteiger partial charge in [-0.25, -0.2) is 15.0 Å². The molecule has 0 aliphatic carbocycles. The lowest BCUT2D eigenvalue weighted by Crippen LogP contribution is -2.44. The number of H-pyrrole nitrogens is 1. The summed E-state index contributed by atoms with van der Waals surface area (Å²) in [5, 5.41) is 9.09. The van der Waals surface area contributed by atoms with Gasteiger partial charge in [0.2, 0.25) is 5.91 Å². The fraction of sp³-hybridized carbons (Fsp3) is 0.414. The maximum absolute atomic E-state index is 12.8. The lowest BCUT2D eigenvalue weighted by Gasteiger charge is -2.33. The van der Waals surface area contributed by atoms with Crippen molar-refractivity contribution in [3.63, 3.8) is 0 Å². The first-order chi connectivity index (χ1) is 18.6. The van der Waals surface area contributed by atoms with Crippen LogP contribution in [0.5, 0.6) is 0 Å². The molecule has 1 fully saturated rings. The van der Waals surface area contributed by atoms with E-state index in [0.29, 0.717) is 22.7 Å². The molecule has 0 spiro atoms. The number of hydrogen-bond acceptors (Lipinski definition) is 7. The number of carbonyl (C=O) groups excluding carboxylic acids is 1. The third kappa shape index (κ3) is 6.88. The van der Waals surface area contributed by atoms with E-state index in [-0.39, 0.29) is 30.5 Å². The highest BCUT2D eigenvalue weighted by atomic mass is 16.1. The number of hydrogen-bond donors (Lipinski definition) is 2. The highest BCUT2D eigenvalue weighted by Gasteiger charge is 2.22. The van der Waals surface area contributed by atoms with Crippen LogP contribution in [0, 0.1) is 13.8 Å². The van der Waals surface area contributed by atoms with E-state index in [4.69, 9.17) is 9.98 Å². The summed E-state index contributed by atoms with van der Waals surface area (Å²) < 4.78 is 0. The van der Waals surface area contributed by atoms with Crippen molar-refractivity contribution in [1.82, 2.24) is 25.2 Å². The van der Waals surface area contributed by atoms with Gasteiger partial charge in [-0.2, -0.15) is 5.10 Å². The monoisotopic (exact) mass is 530 g/mol. The van der Waals surface area contributed by atoms with Crippen LogP contribution < -0.4 is 15.8 Å². The van der Waals surface area contributed by atoms with Gasteiger partial charge < -0.3 is 20.1 Å². The Morgan fingerprint density at radius 2 is 1.97 bits per heavy atom. The van der Waals surface area contributed by atoms with Gasteiger partial charge in [0, 0.05) is 73.8 Å². The second kappa shape index (κ2) is 12.2. The average Bonchev–Trinajstić information content (AvgIpc) is 3.26. The number of aryl methyl sites for hydroxylation is 2. The predicted octanol–water partition coefficient (Wildman–Crippen LogP) is 2.85. The molecule has 2 aromatic rings. The van der Waals surface area contributed by atoms with Gasteiger partial charge in [-0.3, -0.25) is 9.59 Å². The van der Waals surface area contributed by atoms with Gasteiger partial charge in [-0.1, -0.05) is 6.58 Å². The molecule has 4 heterocycles. The molecule has 206 valence electrons. The number of amidine groups is 1. The molecule has 0 aromatic carbocycles. The van der Waals surface area contributed by atoms with Crippen LogP contribution in [0.1, 0.15) is 42.7 Å². The van der Waals surface area contributed by atoms with Gasteiger partial charge in [0.15, 0.2) is 5.84 Å². The largest absolute Gasteiger partial charge is 0.354 e. The SMILES string of the molecule is C=C1C=NN(C(C)C)C1=N/C(=C\CC(=O)NCc1c(C)cc(C)[nH]c1=O)c1ccc(N2CCN(C)CC2)nc1. The molecule has 10 nitrogen and oxygen atoms in total. The average molecular weight is 531 g/mol. The molecule has 0 radical (unpaired) electrons. The number of rotatable bonds is 8. The molecule has 0 bridgehead atoms. The van der Waals surface area contributed by atoms with Crippen LogP contribution in [0.15, 0.2) is 57.5 Å². The zero-order valence-electron chi connectivity index (χ0n) is 23.5. The fourth-order valence-corrected chi connectivity index (χ4v) is 4.54. The molecular weight excluding hydrogens is 492 g/mol. The van der Waals surface area contributed by atoms with Crippen molar-refractivity contribution in [2.24, 2.45) is 10.1 Å². The maximum Gasteiger partial charge on any atom is 0.253 e. The van der Waals surface area contributed by atoms with Gasteiger partial charge in [0.25, 0.3) is 5.56 Å². The van der Waals surface area contributed by atoms with E-state index in [1.54, 1.807) is 18.5 Å². The lowest BCUT2D eigenvalue weighted by molar-refractivity contribution is -0.120. The normalized spacial score (nSPS) is 17.5. The van der Waals surface area contributed by atoms with E-state index >= 15 is 0 Å². The third-order valence-electron chi connectivity index (χ3n) is 6.87. The molecule has 2 N–H and O–H groups in total. The number of pyridine rings is 2. The van der Waals surface area contributed by atoms with E-state index in [1.807, 2.05) is 50.9 Å². The molecule has 10 heteroatoms. The molecule has 2 aliphatic rings. The summed E-state index contributed by atoms with van der Waals surface area (Å²) >= 11 is 0. The zero-order valence-corrected chi connectivity index (χ0v) is 23.5. The van der Waals surface area contributed by atoms with Gasteiger partial charge >= 0.3 is 0 Å². The summed E-state index contributed by atoms with van der Waals surface area (Å²) in [5.41, 5.74) is 4.11. The predicted molar refractivity (Wildman–Crippen MR) is 157 cm³/mol. The van der Waals surface area contributed by atoms with Crippen LogP contribution in [0.3, 0.4) is 0 Å². The van der Waals surface area contributed by atoms with Crippen LogP contribution in [0.4, 0.5) is 5.82 Å². The molecule has 0 unspecified atom stereocenters. The number of likely N-dealkylation sites (N-methyl/N-ethyl adjacent to an activating group) is 1. The second-order valence-corrected chi connectivity index (χ2v) is 10.4. The summed E-state index contributed by atoms with van der Waals surface area (Å²) in [4.78, 5) is 42.1. The van der Waals surface area contributed by atoms with Crippen LogP contribution in [0.25, 0.3) is 5.70 Å². The van der Waals surface area contributed by atoms with Crippen LogP contribution >= 0.6 is 0 Å². The van der Waals surface area contributed by atoms with Crippen molar-refractivity contribution in [2.45, 2.75) is 46.7 Å². The number of anilines is 1. The first-order valence-electron chi connectivity index (χ1n) is 13.3. The third-order valence-corrected chi connectivity index (χ3v) is 6.87. The van der Waals surface area contributed by atoms with E-state index in [1.165, 1.54) is 0 Å². The molecule has 0 saturated carbocycles. The number of amides is 1. The highest BCUT2D eigenvalue weighted by molar-refractivity contribution is 6.18. The van der Waals surface area contributed by atoms with E-state index in [9.17, 15) is 9.59 Å². The molecule has 1 saturated heterocycles. The summed E-state index contributed by atoms with van der Waals surface area (Å²) in [6, 6.07) is 5.98. The minimum Gasteiger partial charge on any atom is -0.354 e. The first kappa shape index (κ1) is 28.0. The lowest BCUT2D eigenvalue weighted by atomic mass is 10.1. The Morgan fingerprint density at radius 3 is 2.62 bits per heavy atom. The standard InChI is InChI=1S/C29H38N8O2/c1-19(2)37-28(21(4)16-32-37)34-25(23-7-9-26(30-17-23)36-13-11-35(6)12-14-36)8-10-27(38)31-18-24-20(3)15-22(5)33-29(24)39/h7-9,15-17,19H,4,10-14,18H2,1-3,5-6H3,(H,31,38)(H,33,39)/b25-8-,34-28?. The van der Waals surface area contributed by atoms with Gasteiger partial charge in [-0.15, -0.1) is 0 Å². The van der Waals surface area contributed by atoms with E-state index < -0.39 is 0 Å². The Hall–Kier alpha value is -4.05. The summed E-state index contributed by atoms with van der Waals surface area (Å²) in [5.74, 6) is 1.35. The van der Waals surface area contributed by atoms with Crippen molar-refractivity contribution in [3.8, 4) is 0 Å². The summed E-state index contributed by atoms with van der Waals surface area (Å²) in [6.07, 6.45) is 5.36. The maximum atomic E-state index is 12.8. The molecule has 39 heavy (non-hydrogen) atoms. The van der Waals surface area contributed by atoms with Crippen molar-refractivity contribution in [1.29, 1.82) is 0 Å². The quantitative estimate of drug-likeness (QED) is 0.543. The molecule has 4 rings (SSSR count). The molecule has 1 amide bonds. The van der Waals surface area contributed by atoms with Gasteiger partial charge in [0.05, 0.1) is 11.9 Å². The minimum absolute atomic E-state index is 0.0875. The Kier molecular flexibility index (Phi) is 8.75. The Labute approximate surface area is 229 Å². The van der Waals surface area contributed by atoms with Crippen molar-refractivity contribution in [3.05, 3.63) is 75.4 Å². The Morgan fingerprint density at radius 1 is 1.23 bits per heavy atom. The number of hydrazone groups is 1. The fourth-order valence-electron chi connectivity index (χ4n) is 4.54. The molecule has 2 aliphatic heterocycles. The van der Waals surface area contributed by atoms with E-state index in [0.717, 1.165) is 48.8 Å². The highest BCUT2D eigenvalue weighted by Crippen LogP contribution is 2.23. The Bertz CT molecular complexity index is 1360. The van der Waals surface area contributed by atoms with Crippen molar-refractivity contribution >= 4 is 29.5 Å². The Balaban J connectivity index is 1.55. The van der Waals surface area contributed by atoms with E-state index in [2.05, 4.69) is 38.8 Å². The number of carbonyl (C=O) groups is 1. The van der Waals surface area contributed by atoms with Gasteiger partial charge in [0.1, 0.15) is 5.82 Å². The molecule has 2 aromatic heterocycles. The van der Waals surface area contributed by atoms with Crippen LogP contribution in [-0.4, -0.2) is 77.1 Å². The molecular formula is C29H38N8O2. The van der Waals surface area contributed by atoms with Crippen LogP contribution in [0.2, 0.25) is 0 Å². The number of nitrogens with one attached hydrogen (secondary N) is 2. The number of aliphatic imine (C=N–C) groups is 1. The topological polar surface area (TPSA) is 109 Å². The number of piperazine rings is 1. The summed E-state index contributed by atoms with van der Waals surface area (Å²) in [7, 11) is 2.13. The minimum atomic E-state index is -0.212. The van der Waals surface area contributed by atoms with Gasteiger partial charge in [-0.05, 0) is 64.6 Å². The van der Waals surface area contributed by atoms with Crippen molar-refractivity contribution in [2.75, 3.05) is 38.1 Å². The number of nitrogens with zero attached hydrogens (tertiary/aromatic N) is 6. The van der Waals surface area contributed by atoms with Crippen LogP contribution in [-0.2, 0) is 11.3 Å². The zero-order chi connectivity index (χ0) is 28.1. The second-order valence-electron chi connectivity index (χ2n) is 10.4. The van der Waals surface area contributed by atoms with Crippen molar-refractivity contribution < 1.29 is 4.79 Å².